The van der Waals surface area contributed by atoms with E-state index in [1.165, 1.54) is 106 Å². The molecule has 4 nitrogen and oxygen atoms in total. The fraction of sp³-hybridized carbons (Fsp3) is 0.148. The quantitative estimate of drug-likeness (QED) is 0.158. The highest BCUT2D eigenvalue weighted by Crippen LogP contribution is 2.53. The molecule has 274 valence electrons. The van der Waals surface area contributed by atoms with Crippen LogP contribution in [0.3, 0.4) is 0 Å². The highest BCUT2D eigenvalue weighted by molar-refractivity contribution is 6.40. The van der Waals surface area contributed by atoms with Gasteiger partial charge < -0.3 is 4.57 Å². The van der Waals surface area contributed by atoms with E-state index >= 15 is 0 Å². The molecule has 0 bridgehead atoms. The first-order valence-electron chi connectivity index (χ1n) is 21.0. The molecule has 5 unspecified atom stereocenters. The third kappa shape index (κ3) is 4.00. The first-order chi connectivity index (χ1) is 28.8. The number of fused-ring (bicyclic) bond motifs is 11. The maximum absolute atomic E-state index is 5.74. The zero-order chi connectivity index (χ0) is 37.6. The van der Waals surface area contributed by atoms with Crippen LogP contribution in [0.4, 0.5) is 0 Å². The Kier molecular flexibility index (Phi) is 6.17. The van der Waals surface area contributed by atoms with E-state index in [1.54, 1.807) is 0 Å². The molecule has 10 aromatic rings. The van der Waals surface area contributed by atoms with Crippen molar-refractivity contribution in [2.45, 2.75) is 25.3 Å². The molecule has 0 radical (unpaired) electrons. The van der Waals surface area contributed by atoms with Gasteiger partial charge in [0.25, 0.3) is 0 Å². The second-order valence-corrected chi connectivity index (χ2v) is 17.1. The Morgan fingerprint density at radius 2 is 1.29 bits per heavy atom. The summed E-state index contributed by atoms with van der Waals surface area (Å²) in [6.45, 7) is 0. The zero-order valence-corrected chi connectivity index (χ0v) is 31.9. The van der Waals surface area contributed by atoms with Gasteiger partial charge in [-0.1, -0.05) is 134 Å². The smallest absolute Gasteiger partial charge is 0.230 e. The van der Waals surface area contributed by atoms with E-state index in [0.717, 1.165) is 18.1 Å². The van der Waals surface area contributed by atoms with Crippen molar-refractivity contribution in [2.75, 3.05) is 0 Å². The summed E-state index contributed by atoms with van der Waals surface area (Å²) in [6, 6.07) is 52.1. The van der Waals surface area contributed by atoms with Crippen LogP contribution in [0.2, 0.25) is 0 Å². The lowest BCUT2D eigenvalue weighted by molar-refractivity contribution is 0.239. The van der Waals surface area contributed by atoms with E-state index in [-0.39, 0.29) is 6.04 Å². The molecule has 5 atom stereocenters. The minimum Gasteiger partial charge on any atom is -0.309 e. The molecule has 0 saturated heterocycles. The lowest BCUT2D eigenvalue weighted by Crippen LogP contribution is -2.38. The number of hydrogen-bond acceptors (Lipinski definition) is 2. The number of aromatic nitrogens is 2. The number of nitrogens with zero attached hydrogens (tertiary/aromatic N) is 4. The maximum atomic E-state index is 5.74. The van der Waals surface area contributed by atoms with Gasteiger partial charge in [0, 0.05) is 55.7 Å². The molecule has 4 heteroatoms. The van der Waals surface area contributed by atoms with Crippen LogP contribution in [0, 0.1) is 23.7 Å². The Bertz CT molecular complexity index is 3520. The van der Waals surface area contributed by atoms with E-state index in [4.69, 9.17) is 9.98 Å². The summed E-state index contributed by atoms with van der Waals surface area (Å²) in [7, 11) is 0. The Morgan fingerprint density at radius 3 is 2.21 bits per heavy atom. The molecular weight excluding hydrogens is 705 g/mol. The van der Waals surface area contributed by atoms with Crippen LogP contribution in [0.1, 0.15) is 19.3 Å². The molecule has 4 aliphatic rings. The average Bonchev–Trinajstić information content (AvgIpc) is 3.92. The van der Waals surface area contributed by atoms with Crippen LogP contribution in [0.15, 0.2) is 174 Å². The van der Waals surface area contributed by atoms with Gasteiger partial charge in [0.05, 0.1) is 28.1 Å². The van der Waals surface area contributed by atoms with Crippen LogP contribution >= 0.6 is 0 Å². The summed E-state index contributed by atoms with van der Waals surface area (Å²) in [5.74, 6) is 2.76. The average molecular weight is 743 g/mol. The van der Waals surface area contributed by atoms with Crippen molar-refractivity contribution in [1.29, 1.82) is 0 Å². The topological polar surface area (TPSA) is 34.6 Å². The van der Waals surface area contributed by atoms with E-state index in [2.05, 4.69) is 173 Å². The van der Waals surface area contributed by atoms with Gasteiger partial charge in [-0.15, -0.1) is 0 Å². The third-order valence-corrected chi connectivity index (χ3v) is 14.4. The highest BCUT2D eigenvalue weighted by Gasteiger charge is 2.52. The number of rotatable bonds is 2. The third-order valence-electron chi connectivity index (χ3n) is 14.4. The van der Waals surface area contributed by atoms with Gasteiger partial charge >= 0.3 is 0 Å². The van der Waals surface area contributed by atoms with Gasteiger partial charge in [-0.3, -0.25) is 4.57 Å². The summed E-state index contributed by atoms with van der Waals surface area (Å²) in [5, 5.41) is 12.8. The molecule has 8 aromatic carbocycles. The van der Waals surface area contributed by atoms with E-state index < -0.39 is 0 Å². The second-order valence-electron chi connectivity index (χ2n) is 17.1. The molecule has 2 saturated carbocycles. The van der Waals surface area contributed by atoms with Crippen molar-refractivity contribution in [2.24, 2.45) is 33.7 Å². The van der Waals surface area contributed by atoms with Crippen LogP contribution in [-0.4, -0.2) is 26.8 Å². The van der Waals surface area contributed by atoms with Crippen LogP contribution < -0.4 is 0 Å². The number of allylic oxidation sites excluding steroid dienone is 4. The van der Waals surface area contributed by atoms with Gasteiger partial charge in [-0.25, -0.2) is 9.98 Å². The van der Waals surface area contributed by atoms with Crippen molar-refractivity contribution in [1.82, 2.24) is 9.13 Å². The van der Waals surface area contributed by atoms with Crippen LogP contribution in [0.25, 0.3) is 92.7 Å². The lowest BCUT2D eigenvalue weighted by atomic mass is 9.74. The Hall–Kier alpha value is -6.78. The van der Waals surface area contributed by atoms with Gasteiger partial charge in [0.1, 0.15) is 0 Å². The Morgan fingerprint density at radius 1 is 0.534 bits per heavy atom. The monoisotopic (exact) mass is 742 g/mol. The molecule has 2 fully saturated rings. The number of benzene rings is 8. The summed E-state index contributed by atoms with van der Waals surface area (Å²) >= 11 is 0. The van der Waals surface area contributed by atoms with Gasteiger partial charge in [0.2, 0.25) is 5.96 Å². The predicted octanol–water partition coefficient (Wildman–Crippen LogP) is 13.3. The van der Waals surface area contributed by atoms with E-state index in [0.29, 0.717) is 23.7 Å². The van der Waals surface area contributed by atoms with Crippen molar-refractivity contribution in [3.8, 4) is 16.8 Å². The van der Waals surface area contributed by atoms with Crippen LogP contribution in [-0.2, 0) is 0 Å². The standard InChI is InChI=1S/C54H38N4/c1-2-15-33(16-3-1)57-45-27-11-10-20-38(45)42-25-12-23-35(53(42)57)32-28-43-37-19-6-8-21-39(37)48-34-17-5-4-14-31(34)29-47-51(48)50(43)46(30-32)58(47)54-55-44-26-13-24-40-36-18-7-9-22-41(36)52(56-54)49(40)44/h1-12,14-23,25,27-30,36,40-41,44,49H,13,24,26H2. The molecule has 0 amide bonds. The normalized spacial score (nSPS) is 22.5. The summed E-state index contributed by atoms with van der Waals surface area (Å²) in [6.07, 6.45) is 13.0. The molecule has 3 heterocycles. The number of aliphatic imine (C=N–C) groups is 2. The number of hydrogen-bond donors (Lipinski definition) is 0. The molecule has 0 N–H and O–H groups in total. The van der Waals surface area contributed by atoms with E-state index in [9.17, 15) is 0 Å². The van der Waals surface area contributed by atoms with Crippen molar-refractivity contribution in [3.05, 3.63) is 164 Å². The van der Waals surface area contributed by atoms with Gasteiger partial charge in [0.15, 0.2) is 0 Å². The molecule has 3 aliphatic carbocycles. The minimum atomic E-state index is 0.251. The molecule has 58 heavy (non-hydrogen) atoms. The SMILES string of the molecule is C1=CC2C3=NC(n4c5cc(-c6cccc7c8ccccc8n(-c8ccccc8)c67)cc6c7ccccc7c7c8ccccc8cc4c7c65)=NC4CCCC(C2C=C1)C34. The fourth-order valence-corrected chi connectivity index (χ4v) is 12.2. The summed E-state index contributed by atoms with van der Waals surface area (Å²) < 4.78 is 4.93. The molecule has 14 rings (SSSR count). The zero-order valence-electron chi connectivity index (χ0n) is 31.9. The fourth-order valence-electron chi connectivity index (χ4n) is 12.2. The Balaban J connectivity index is 1.14. The maximum Gasteiger partial charge on any atom is 0.230 e. The molecule has 0 spiro atoms. The summed E-state index contributed by atoms with van der Waals surface area (Å²) in [4.78, 5) is 11.5. The van der Waals surface area contributed by atoms with Gasteiger partial charge in [-0.05, 0) is 93.6 Å². The predicted molar refractivity (Wildman–Crippen MR) is 243 cm³/mol. The first-order valence-corrected chi connectivity index (χ1v) is 21.0. The summed E-state index contributed by atoms with van der Waals surface area (Å²) in [5.41, 5.74) is 9.73. The second kappa shape index (κ2) is 11.4. The van der Waals surface area contributed by atoms with Crippen LogP contribution in [0.5, 0.6) is 0 Å². The molecule has 2 aromatic heterocycles. The lowest BCUT2D eigenvalue weighted by Gasteiger charge is -2.35. The largest absolute Gasteiger partial charge is 0.309 e. The molecule has 1 aliphatic heterocycles. The Labute approximate surface area is 335 Å². The van der Waals surface area contributed by atoms with Gasteiger partial charge in [-0.2, -0.15) is 0 Å². The van der Waals surface area contributed by atoms with Crippen molar-refractivity contribution in [3.63, 3.8) is 0 Å². The van der Waals surface area contributed by atoms with E-state index in [1.807, 2.05) is 0 Å². The minimum absolute atomic E-state index is 0.251. The molecular formula is C54H38N4. The van der Waals surface area contributed by atoms with Crippen molar-refractivity contribution < 1.29 is 0 Å². The number of para-hydroxylation sites is 3. The highest BCUT2D eigenvalue weighted by atomic mass is 15.2. The van der Waals surface area contributed by atoms with Crippen molar-refractivity contribution >= 4 is 87.6 Å². The first kappa shape index (κ1) is 31.3.